The van der Waals surface area contributed by atoms with Crippen LogP contribution in [0, 0.1) is 0 Å². The number of anilines is 2. The summed E-state index contributed by atoms with van der Waals surface area (Å²) < 4.78 is 0. The number of carbonyl (C=O) groups excluding carboxylic acids is 1. The van der Waals surface area contributed by atoms with Crippen LogP contribution < -0.4 is 9.80 Å². The van der Waals surface area contributed by atoms with Crippen molar-refractivity contribution in [1.29, 1.82) is 0 Å². The maximum Gasteiger partial charge on any atom is 0.185 e. The van der Waals surface area contributed by atoms with Crippen LogP contribution in [0.25, 0.3) is 11.3 Å². The first kappa shape index (κ1) is 26.2. The number of thiazole rings is 1. The van der Waals surface area contributed by atoms with Gasteiger partial charge in [-0.05, 0) is 54.5 Å². The molecule has 38 heavy (non-hydrogen) atoms. The number of benzene rings is 3. The van der Waals surface area contributed by atoms with Crippen molar-refractivity contribution in [3.8, 4) is 11.3 Å². The summed E-state index contributed by atoms with van der Waals surface area (Å²) in [6.45, 7) is 3.22. The van der Waals surface area contributed by atoms with Crippen molar-refractivity contribution in [3.05, 3.63) is 100 Å². The van der Waals surface area contributed by atoms with Crippen LogP contribution in [0.15, 0.2) is 78.2 Å². The lowest BCUT2D eigenvalue weighted by Gasteiger charge is -2.23. The highest BCUT2D eigenvalue weighted by molar-refractivity contribution is 7.14. The van der Waals surface area contributed by atoms with Gasteiger partial charge in [0.1, 0.15) is 0 Å². The molecular weight excluding hydrogens is 486 g/mol. The summed E-state index contributed by atoms with van der Waals surface area (Å²) in [5, 5.41) is 3.11. The van der Waals surface area contributed by atoms with E-state index in [1.165, 1.54) is 48.9 Å². The van der Waals surface area contributed by atoms with Crippen molar-refractivity contribution in [2.75, 3.05) is 23.9 Å². The molecule has 1 heterocycles. The van der Waals surface area contributed by atoms with Crippen LogP contribution in [0.3, 0.4) is 0 Å². The van der Waals surface area contributed by atoms with Crippen molar-refractivity contribution in [2.45, 2.75) is 58.0 Å². The highest BCUT2D eigenvalue weighted by Gasteiger charge is 2.16. The molecule has 0 bridgehead atoms. The molecule has 0 radical (unpaired) electrons. The average Bonchev–Trinajstić information content (AvgIpc) is 3.45. The molecule has 0 saturated heterocycles. The highest BCUT2D eigenvalue weighted by Crippen LogP contribution is 2.33. The lowest BCUT2D eigenvalue weighted by Crippen LogP contribution is -2.16. The van der Waals surface area contributed by atoms with Gasteiger partial charge in [0, 0.05) is 49.4 Å². The van der Waals surface area contributed by atoms with Crippen LogP contribution in [-0.2, 0) is 13.1 Å². The Morgan fingerprint density at radius 3 is 2.21 bits per heavy atom. The van der Waals surface area contributed by atoms with E-state index in [-0.39, 0.29) is 5.78 Å². The predicted octanol–water partition coefficient (Wildman–Crippen LogP) is 8.33. The maximum absolute atomic E-state index is 11.5. The Labute approximate surface area is 231 Å². The van der Waals surface area contributed by atoms with Crippen LogP contribution in [0.5, 0.6) is 0 Å². The fourth-order valence-electron chi connectivity index (χ4n) is 5.36. The van der Waals surface area contributed by atoms with Crippen molar-refractivity contribution < 1.29 is 4.79 Å². The molecule has 1 fully saturated rings. The summed E-state index contributed by atoms with van der Waals surface area (Å²) in [6, 6.07) is 25.8. The fraction of sp³-hybridized carbons (Fsp3) is 0.333. The topological polar surface area (TPSA) is 36.4 Å². The smallest absolute Gasteiger partial charge is 0.185 e. The van der Waals surface area contributed by atoms with Gasteiger partial charge in [-0.15, -0.1) is 11.3 Å². The molecule has 0 N–H and O–H groups in total. The molecule has 0 spiro atoms. The van der Waals surface area contributed by atoms with Crippen molar-refractivity contribution in [3.63, 3.8) is 0 Å². The van der Waals surface area contributed by atoms with Gasteiger partial charge in [0.25, 0.3) is 0 Å². The van der Waals surface area contributed by atoms with Gasteiger partial charge in [-0.3, -0.25) is 4.79 Å². The Bertz CT molecular complexity index is 1350. The number of nitrogens with zero attached hydrogens (tertiary/aromatic N) is 3. The molecule has 0 atom stereocenters. The second kappa shape index (κ2) is 12.0. The largest absolute Gasteiger partial charge is 0.370 e. The number of hydrogen-bond donors (Lipinski definition) is 0. The third-order valence-electron chi connectivity index (χ3n) is 7.66. The molecule has 1 aliphatic rings. The first-order chi connectivity index (χ1) is 18.5. The number of Topliss-reactive ketones (excluding diaryl/α,β-unsaturated/α-hetero) is 1. The molecule has 0 aliphatic heterocycles. The zero-order chi connectivity index (χ0) is 26.5. The van der Waals surface area contributed by atoms with Gasteiger partial charge in [0.2, 0.25) is 0 Å². The molecule has 5 heteroatoms. The van der Waals surface area contributed by atoms with E-state index in [1.807, 2.05) is 24.3 Å². The van der Waals surface area contributed by atoms with Gasteiger partial charge in [0.15, 0.2) is 10.9 Å². The van der Waals surface area contributed by atoms with Gasteiger partial charge in [-0.2, -0.15) is 0 Å². The third-order valence-corrected chi connectivity index (χ3v) is 8.61. The SMILES string of the molecule is CC(=O)c1ccc(CN(C)c2nc(-c3cccc(N(C)Cc4ccc(C5CCCCC5)cc4)c3)cs2)cc1. The maximum atomic E-state index is 11.5. The summed E-state index contributed by atoms with van der Waals surface area (Å²) in [4.78, 5) is 20.9. The predicted molar refractivity (Wildman–Crippen MR) is 160 cm³/mol. The zero-order valence-corrected chi connectivity index (χ0v) is 23.5. The van der Waals surface area contributed by atoms with Crippen molar-refractivity contribution in [1.82, 2.24) is 4.98 Å². The van der Waals surface area contributed by atoms with Crippen molar-refractivity contribution in [2.24, 2.45) is 0 Å². The molecular formula is C33H37N3OS. The van der Waals surface area contributed by atoms with E-state index >= 15 is 0 Å². The van der Waals surface area contributed by atoms with E-state index in [2.05, 4.69) is 77.8 Å². The van der Waals surface area contributed by atoms with Gasteiger partial charge in [0.05, 0.1) is 5.69 Å². The van der Waals surface area contributed by atoms with Crippen LogP contribution in [0.1, 0.15) is 72.0 Å². The molecule has 0 unspecified atom stereocenters. The van der Waals surface area contributed by atoms with Gasteiger partial charge < -0.3 is 9.80 Å². The Balaban J connectivity index is 1.22. The number of ketones is 1. The van der Waals surface area contributed by atoms with Gasteiger partial charge in [-0.25, -0.2) is 4.98 Å². The van der Waals surface area contributed by atoms with Crippen molar-refractivity contribution >= 4 is 27.9 Å². The lowest BCUT2D eigenvalue weighted by molar-refractivity contribution is 0.101. The molecule has 196 valence electrons. The standard InChI is InChI=1S/C33H37N3OS/c1-24(37)27-16-12-26(13-17-27)22-36(3)33-34-32(23-38-33)30-10-7-11-31(20-30)35(2)21-25-14-18-29(19-15-25)28-8-5-4-6-9-28/h7,10-20,23,28H,4-6,8-9,21-22H2,1-3H3. The first-order valence-corrected chi connectivity index (χ1v) is 14.5. The average molecular weight is 524 g/mol. The minimum absolute atomic E-state index is 0.0925. The zero-order valence-electron chi connectivity index (χ0n) is 22.7. The van der Waals surface area contributed by atoms with E-state index in [4.69, 9.17) is 4.98 Å². The van der Waals surface area contributed by atoms with Gasteiger partial charge >= 0.3 is 0 Å². The fourth-order valence-corrected chi connectivity index (χ4v) is 6.16. The molecule has 4 nitrogen and oxygen atoms in total. The Morgan fingerprint density at radius 1 is 0.868 bits per heavy atom. The number of rotatable bonds is 9. The van der Waals surface area contributed by atoms with Crippen LogP contribution in [0.2, 0.25) is 0 Å². The lowest BCUT2D eigenvalue weighted by atomic mass is 9.84. The minimum Gasteiger partial charge on any atom is -0.370 e. The summed E-state index contributed by atoms with van der Waals surface area (Å²) >= 11 is 1.66. The van der Waals surface area contributed by atoms with E-state index in [9.17, 15) is 4.79 Å². The number of hydrogen-bond acceptors (Lipinski definition) is 5. The third kappa shape index (κ3) is 6.33. The van der Waals surface area contributed by atoms with E-state index in [0.29, 0.717) is 0 Å². The quantitative estimate of drug-likeness (QED) is 0.207. The summed E-state index contributed by atoms with van der Waals surface area (Å²) in [6.07, 6.45) is 6.83. The molecule has 4 aromatic rings. The Hall–Kier alpha value is -3.44. The molecule has 3 aromatic carbocycles. The number of carbonyl (C=O) groups is 1. The number of aromatic nitrogens is 1. The summed E-state index contributed by atoms with van der Waals surface area (Å²) in [7, 11) is 4.22. The summed E-state index contributed by atoms with van der Waals surface area (Å²) in [5.41, 5.74) is 8.06. The molecule has 5 rings (SSSR count). The monoisotopic (exact) mass is 523 g/mol. The Kier molecular flexibility index (Phi) is 8.23. The highest BCUT2D eigenvalue weighted by atomic mass is 32.1. The second-order valence-corrected chi connectivity index (χ2v) is 11.4. The van der Waals surface area contributed by atoms with E-state index < -0.39 is 0 Å². The van der Waals surface area contributed by atoms with Crippen LogP contribution in [0.4, 0.5) is 10.8 Å². The minimum atomic E-state index is 0.0925. The van der Waals surface area contributed by atoms with E-state index in [0.717, 1.165) is 46.5 Å². The molecule has 1 aromatic heterocycles. The normalized spacial score (nSPS) is 13.9. The Morgan fingerprint density at radius 2 is 1.53 bits per heavy atom. The van der Waals surface area contributed by atoms with Gasteiger partial charge in [-0.1, -0.05) is 79.9 Å². The second-order valence-electron chi connectivity index (χ2n) is 10.6. The summed E-state index contributed by atoms with van der Waals surface area (Å²) in [5.74, 6) is 0.844. The molecule has 1 aliphatic carbocycles. The molecule has 0 amide bonds. The van der Waals surface area contributed by atoms with Crippen LogP contribution in [-0.4, -0.2) is 24.9 Å². The van der Waals surface area contributed by atoms with E-state index in [1.54, 1.807) is 18.3 Å². The first-order valence-electron chi connectivity index (χ1n) is 13.6. The molecule has 1 saturated carbocycles. The van der Waals surface area contributed by atoms with Crippen LogP contribution >= 0.6 is 11.3 Å².